The Kier molecular flexibility index (Phi) is 8.80. The largest absolute Gasteiger partial charge is 0.496 e. The van der Waals surface area contributed by atoms with Crippen molar-refractivity contribution < 1.29 is 22.7 Å². The number of H-pyrrole nitrogens is 1. The van der Waals surface area contributed by atoms with Crippen molar-refractivity contribution in [2.75, 3.05) is 39.8 Å². The lowest BCUT2D eigenvalue weighted by Crippen LogP contribution is -2.49. The summed E-state index contributed by atoms with van der Waals surface area (Å²) in [7, 11) is 1.47. The predicted octanol–water partition coefficient (Wildman–Crippen LogP) is 4.19. The third-order valence-corrected chi connectivity index (χ3v) is 8.22. The summed E-state index contributed by atoms with van der Waals surface area (Å²) in [6.07, 6.45) is 1.15. The van der Waals surface area contributed by atoms with E-state index in [4.69, 9.17) is 4.74 Å². The van der Waals surface area contributed by atoms with Gasteiger partial charge in [-0.1, -0.05) is 0 Å². The highest BCUT2D eigenvalue weighted by Crippen LogP contribution is 2.34. The first kappa shape index (κ1) is 31.2. The Morgan fingerprint density at radius 1 is 1.11 bits per heavy atom. The number of fused-ring (bicyclic) bond motifs is 1. The molecule has 0 aromatic carbocycles. The Morgan fingerprint density at radius 3 is 2.43 bits per heavy atom. The molecule has 5 rings (SSSR count). The first-order valence-corrected chi connectivity index (χ1v) is 14.4. The van der Waals surface area contributed by atoms with Gasteiger partial charge in [-0.3, -0.25) is 19.4 Å². The summed E-state index contributed by atoms with van der Waals surface area (Å²) >= 11 is 0. The highest BCUT2D eigenvalue weighted by molar-refractivity contribution is 5.98. The van der Waals surface area contributed by atoms with Crippen LogP contribution in [0.2, 0.25) is 0 Å². The molecule has 2 N–H and O–H groups in total. The van der Waals surface area contributed by atoms with Crippen molar-refractivity contribution in [2.24, 2.45) is 0 Å². The van der Waals surface area contributed by atoms with Gasteiger partial charge in [0, 0.05) is 78.9 Å². The van der Waals surface area contributed by atoms with Crippen LogP contribution in [-0.2, 0) is 6.54 Å². The number of rotatable bonds is 8. The Labute approximate surface area is 252 Å². The first-order valence-electron chi connectivity index (χ1n) is 14.4. The molecule has 10 nitrogen and oxygen atoms in total. The van der Waals surface area contributed by atoms with Crippen molar-refractivity contribution in [3.8, 4) is 16.9 Å². The van der Waals surface area contributed by atoms with Gasteiger partial charge in [-0.05, 0) is 51.5 Å². The molecule has 0 bridgehead atoms. The highest BCUT2D eigenvalue weighted by Gasteiger charge is 2.34. The van der Waals surface area contributed by atoms with Crippen LogP contribution in [0.1, 0.15) is 51.7 Å². The van der Waals surface area contributed by atoms with Gasteiger partial charge in [-0.2, -0.15) is 13.2 Å². The SMILES string of the molecule is COc1cc(C)[nH]c(=O)c1CNC(=O)c1cc2c(-c3cnc(C)nc3)ccn2c([C@H](C)N2CCN(CC(F)(F)F)CC2)c1C. The van der Waals surface area contributed by atoms with Crippen LogP contribution in [0, 0.1) is 20.8 Å². The van der Waals surface area contributed by atoms with E-state index in [1.54, 1.807) is 32.3 Å². The van der Waals surface area contributed by atoms with Crippen molar-refractivity contribution >= 4 is 11.4 Å². The summed E-state index contributed by atoms with van der Waals surface area (Å²) in [5.74, 6) is 0.641. The van der Waals surface area contributed by atoms with Gasteiger partial charge in [0.2, 0.25) is 0 Å². The smallest absolute Gasteiger partial charge is 0.401 e. The number of nitrogens with zero attached hydrogens (tertiary/aromatic N) is 5. The summed E-state index contributed by atoms with van der Waals surface area (Å²) in [6, 6.07) is 5.24. The monoisotopic (exact) mass is 611 g/mol. The number of aromatic nitrogens is 4. The molecule has 44 heavy (non-hydrogen) atoms. The van der Waals surface area contributed by atoms with Crippen LogP contribution in [0.25, 0.3) is 16.6 Å². The van der Waals surface area contributed by atoms with Gasteiger partial charge in [-0.25, -0.2) is 9.97 Å². The fraction of sp³-hybridized carbons (Fsp3) is 0.419. The summed E-state index contributed by atoms with van der Waals surface area (Å²) < 4.78 is 46.4. The van der Waals surface area contributed by atoms with Crippen molar-refractivity contribution in [3.05, 3.63) is 81.0 Å². The topological polar surface area (TPSA) is 108 Å². The number of methoxy groups -OCH3 is 1. The minimum absolute atomic E-state index is 0.0477. The molecule has 0 unspecified atom stereocenters. The quantitative estimate of drug-likeness (QED) is 0.308. The number of ether oxygens (including phenoxy) is 1. The predicted molar refractivity (Wildman–Crippen MR) is 160 cm³/mol. The maximum Gasteiger partial charge on any atom is 0.401 e. The second kappa shape index (κ2) is 12.4. The Morgan fingerprint density at radius 2 is 1.80 bits per heavy atom. The zero-order valence-electron chi connectivity index (χ0n) is 25.4. The van der Waals surface area contributed by atoms with E-state index in [-0.39, 0.29) is 37.1 Å². The summed E-state index contributed by atoms with van der Waals surface area (Å²) in [5.41, 5.74) is 4.97. The molecular weight excluding hydrogens is 575 g/mol. The van der Waals surface area contributed by atoms with Crippen LogP contribution < -0.4 is 15.6 Å². The van der Waals surface area contributed by atoms with Gasteiger partial charge >= 0.3 is 6.18 Å². The minimum atomic E-state index is -4.24. The normalized spacial score (nSPS) is 15.5. The number of hydrogen-bond donors (Lipinski definition) is 2. The maximum atomic E-state index is 13.8. The lowest BCUT2D eigenvalue weighted by Gasteiger charge is -2.39. The summed E-state index contributed by atoms with van der Waals surface area (Å²) in [4.78, 5) is 41.4. The molecule has 1 amide bonds. The van der Waals surface area contributed by atoms with Crippen molar-refractivity contribution in [3.63, 3.8) is 0 Å². The number of halogens is 3. The molecule has 0 aliphatic carbocycles. The number of carbonyl (C=O) groups is 1. The molecule has 4 aromatic heterocycles. The summed E-state index contributed by atoms with van der Waals surface area (Å²) in [6.45, 7) is 7.93. The molecule has 5 heterocycles. The molecule has 0 spiro atoms. The molecule has 234 valence electrons. The molecule has 1 aliphatic heterocycles. The van der Waals surface area contributed by atoms with Gasteiger partial charge in [0.05, 0.1) is 31.3 Å². The Bertz CT molecular complexity index is 1720. The van der Waals surface area contributed by atoms with Crippen LogP contribution in [0.5, 0.6) is 5.75 Å². The number of aromatic amines is 1. The number of amides is 1. The third-order valence-electron chi connectivity index (χ3n) is 8.22. The zero-order chi connectivity index (χ0) is 31.8. The van der Waals surface area contributed by atoms with E-state index < -0.39 is 12.7 Å². The second-order valence-electron chi connectivity index (χ2n) is 11.2. The van der Waals surface area contributed by atoms with E-state index in [9.17, 15) is 22.8 Å². The zero-order valence-corrected chi connectivity index (χ0v) is 25.4. The lowest BCUT2D eigenvalue weighted by molar-refractivity contribution is -0.149. The number of alkyl halides is 3. The molecule has 1 atom stereocenters. The molecular formula is C31H36F3N7O3. The fourth-order valence-electron chi connectivity index (χ4n) is 5.93. The number of aryl methyl sites for hydroxylation is 2. The van der Waals surface area contributed by atoms with E-state index in [1.807, 2.05) is 36.6 Å². The first-order chi connectivity index (χ1) is 20.9. The van der Waals surface area contributed by atoms with Crippen LogP contribution in [0.15, 0.2) is 41.6 Å². The molecule has 13 heteroatoms. The van der Waals surface area contributed by atoms with E-state index in [2.05, 4.69) is 25.2 Å². The average Bonchev–Trinajstić information content (AvgIpc) is 3.39. The standard InChI is InChI=1S/C31H36F3N7O3/c1-18-12-27(44-5)25(30(43)38-18)16-37-29(42)24-13-26-23(22-14-35-21(4)36-15-22)6-7-41(26)28(19(24)2)20(3)40-10-8-39(9-11-40)17-31(32,33)34/h6-7,12-15,20H,8-11,16-17H2,1-5H3,(H,37,42)(H,38,43)/t20-/m0/s1. The van der Waals surface area contributed by atoms with Gasteiger partial charge in [0.15, 0.2) is 0 Å². The summed E-state index contributed by atoms with van der Waals surface area (Å²) in [5, 5.41) is 2.89. The van der Waals surface area contributed by atoms with Gasteiger partial charge in [-0.15, -0.1) is 0 Å². The molecule has 1 aliphatic rings. The molecule has 0 saturated carbocycles. The highest BCUT2D eigenvalue weighted by atomic mass is 19.4. The molecule has 0 radical (unpaired) electrons. The third kappa shape index (κ3) is 6.48. The van der Waals surface area contributed by atoms with E-state index >= 15 is 0 Å². The molecule has 4 aromatic rings. The van der Waals surface area contributed by atoms with E-state index in [1.165, 1.54) is 12.0 Å². The van der Waals surface area contributed by atoms with Crippen LogP contribution >= 0.6 is 0 Å². The van der Waals surface area contributed by atoms with Crippen LogP contribution in [-0.4, -0.2) is 81.1 Å². The number of carbonyl (C=O) groups excluding carboxylic acids is 1. The number of piperazine rings is 1. The number of hydrogen-bond acceptors (Lipinski definition) is 7. The lowest BCUT2D eigenvalue weighted by atomic mass is 9.99. The van der Waals surface area contributed by atoms with E-state index in [0.717, 1.165) is 27.9 Å². The average molecular weight is 612 g/mol. The van der Waals surface area contributed by atoms with Gasteiger partial charge in [0.1, 0.15) is 11.6 Å². The van der Waals surface area contributed by atoms with Crippen molar-refractivity contribution in [1.29, 1.82) is 0 Å². The second-order valence-corrected chi connectivity index (χ2v) is 11.2. The molecule has 1 saturated heterocycles. The maximum absolute atomic E-state index is 13.8. The Hall–Kier alpha value is -4.23. The van der Waals surface area contributed by atoms with Gasteiger partial charge in [0.25, 0.3) is 11.5 Å². The minimum Gasteiger partial charge on any atom is -0.496 e. The fourth-order valence-corrected chi connectivity index (χ4v) is 5.93. The number of nitrogens with one attached hydrogen (secondary N) is 2. The van der Waals surface area contributed by atoms with E-state index in [0.29, 0.717) is 41.5 Å². The molecule has 1 fully saturated rings. The Balaban J connectivity index is 1.52. The van der Waals surface area contributed by atoms with Gasteiger partial charge < -0.3 is 19.4 Å². The van der Waals surface area contributed by atoms with Crippen molar-refractivity contribution in [1.82, 2.24) is 34.5 Å². The van der Waals surface area contributed by atoms with Crippen LogP contribution in [0.3, 0.4) is 0 Å². The van der Waals surface area contributed by atoms with Crippen LogP contribution in [0.4, 0.5) is 13.2 Å². The number of pyridine rings is 2. The van der Waals surface area contributed by atoms with Crippen molar-refractivity contribution in [2.45, 2.75) is 46.5 Å².